The highest BCUT2D eigenvalue weighted by atomic mass is 16.5. The smallest absolute Gasteiger partial charge is 0.305 e. The summed E-state index contributed by atoms with van der Waals surface area (Å²) in [7, 11) is 0. The summed E-state index contributed by atoms with van der Waals surface area (Å²) in [6.45, 7) is 4.92. The Balaban J connectivity index is 3.46. The van der Waals surface area contributed by atoms with Crippen LogP contribution in [-0.4, -0.2) is 47.4 Å². The SMILES string of the molecule is CCCCCCCCCCCCCCCCCCCCCC(=O)OCCCCC/C=C\CCCCCCCC(=O)NC(CO)C(O)CCCCCCCCCCCCCCCCCC. The Morgan fingerprint density at radius 1 is 0.422 bits per heavy atom. The average molecular weight is 905 g/mol. The first-order chi connectivity index (χ1) is 31.5. The van der Waals surface area contributed by atoms with Crippen LogP contribution in [0.3, 0.4) is 0 Å². The van der Waals surface area contributed by atoms with E-state index < -0.39 is 12.1 Å². The molecule has 0 heterocycles. The molecule has 0 radical (unpaired) electrons. The van der Waals surface area contributed by atoms with E-state index in [9.17, 15) is 19.8 Å². The highest BCUT2D eigenvalue weighted by Crippen LogP contribution is 2.17. The fourth-order valence-electron chi connectivity index (χ4n) is 9.11. The molecule has 0 bridgehead atoms. The Hall–Kier alpha value is -1.40. The first-order valence-electron chi connectivity index (χ1n) is 28.9. The lowest BCUT2D eigenvalue weighted by Crippen LogP contribution is -2.45. The molecular formula is C58H113NO5. The summed E-state index contributed by atoms with van der Waals surface area (Å²) >= 11 is 0. The van der Waals surface area contributed by atoms with Gasteiger partial charge in [0, 0.05) is 12.8 Å². The summed E-state index contributed by atoms with van der Waals surface area (Å²) in [4.78, 5) is 24.6. The topological polar surface area (TPSA) is 95.9 Å². The van der Waals surface area contributed by atoms with E-state index in [1.54, 1.807) is 0 Å². The Labute approximate surface area is 399 Å². The first-order valence-corrected chi connectivity index (χ1v) is 28.9. The van der Waals surface area contributed by atoms with Crippen LogP contribution in [-0.2, 0) is 14.3 Å². The molecule has 1 amide bonds. The van der Waals surface area contributed by atoms with Crippen LogP contribution in [0.5, 0.6) is 0 Å². The van der Waals surface area contributed by atoms with Crippen LogP contribution < -0.4 is 5.32 Å². The number of esters is 1. The van der Waals surface area contributed by atoms with Gasteiger partial charge in [0.15, 0.2) is 0 Å². The van der Waals surface area contributed by atoms with Gasteiger partial charge in [0.2, 0.25) is 5.91 Å². The second kappa shape index (κ2) is 54.2. The fourth-order valence-corrected chi connectivity index (χ4v) is 9.11. The number of aliphatic hydroxyl groups is 2. The number of amides is 1. The van der Waals surface area contributed by atoms with Crippen molar-refractivity contribution < 1.29 is 24.5 Å². The van der Waals surface area contributed by atoms with Crippen molar-refractivity contribution in [2.75, 3.05) is 13.2 Å². The number of aliphatic hydroxyl groups excluding tert-OH is 2. The van der Waals surface area contributed by atoms with Gasteiger partial charge in [0.05, 0.1) is 25.4 Å². The molecule has 3 N–H and O–H groups in total. The van der Waals surface area contributed by atoms with Crippen LogP contribution >= 0.6 is 0 Å². The third-order valence-corrected chi connectivity index (χ3v) is 13.6. The zero-order valence-corrected chi connectivity index (χ0v) is 43.3. The van der Waals surface area contributed by atoms with E-state index in [0.717, 1.165) is 77.0 Å². The zero-order valence-electron chi connectivity index (χ0n) is 43.3. The standard InChI is InChI=1S/C58H113NO5/c1-3-5-7-9-11-13-15-17-19-21-22-23-25-27-32-36-40-44-48-52-58(63)64-53-49-45-41-37-33-29-28-31-35-39-43-47-51-57(62)59-55(54-60)56(61)50-46-42-38-34-30-26-24-20-18-16-14-12-10-8-6-4-2/h29,33,55-56,60-61H,3-28,30-32,34-54H2,1-2H3,(H,59,62)/b33-29-. The number of hydrogen-bond donors (Lipinski definition) is 3. The maximum atomic E-state index is 12.5. The second-order valence-electron chi connectivity index (χ2n) is 20.0. The molecule has 64 heavy (non-hydrogen) atoms. The lowest BCUT2D eigenvalue weighted by Gasteiger charge is -2.22. The first kappa shape index (κ1) is 62.6. The minimum atomic E-state index is -0.679. The summed E-state index contributed by atoms with van der Waals surface area (Å²) in [5, 5.41) is 23.3. The van der Waals surface area contributed by atoms with Gasteiger partial charge in [-0.05, 0) is 57.8 Å². The quantitative estimate of drug-likeness (QED) is 0.0321. The summed E-state index contributed by atoms with van der Waals surface area (Å²) in [5.41, 5.74) is 0. The van der Waals surface area contributed by atoms with Crippen molar-refractivity contribution in [2.45, 2.75) is 334 Å². The molecule has 0 aliphatic heterocycles. The number of rotatable bonds is 54. The molecule has 0 aliphatic rings. The van der Waals surface area contributed by atoms with E-state index in [1.165, 1.54) is 212 Å². The van der Waals surface area contributed by atoms with Crippen molar-refractivity contribution in [1.29, 1.82) is 0 Å². The van der Waals surface area contributed by atoms with Gasteiger partial charge < -0.3 is 20.3 Å². The zero-order chi connectivity index (χ0) is 46.5. The Kier molecular flexibility index (Phi) is 53.0. The molecule has 0 saturated heterocycles. The van der Waals surface area contributed by atoms with Gasteiger partial charge in [-0.25, -0.2) is 0 Å². The van der Waals surface area contributed by atoms with Crippen LogP contribution in [0, 0.1) is 0 Å². The number of ether oxygens (including phenoxy) is 1. The van der Waals surface area contributed by atoms with Crippen molar-refractivity contribution in [3.8, 4) is 0 Å². The molecule has 380 valence electrons. The van der Waals surface area contributed by atoms with Gasteiger partial charge >= 0.3 is 5.97 Å². The van der Waals surface area contributed by atoms with Crippen LogP contribution in [0.15, 0.2) is 12.2 Å². The molecule has 2 unspecified atom stereocenters. The Bertz CT molecular complexity index is 955. The average Bonchev–Trinajstić information content (AvgIpc) is 3.29. The van der Waals surface area contributed by atoms with Crippen LogP contribution in [0.25, 0.3) is 0 Å². The van der Waals surface area contributed by atoms with E-state index in [1.807, 2.05) is 0 Å². The highest BCUT2D eigenvalue weighted by molar-refractivity contribution is 5.76. The number of allylic oxidation sites excluding steroid dienone is 2. The summed E-state index contributed by atoms with van der Waals surface area (Å²) < 4.78 is 5.47. The predicted molar refractivity (Wildman–Crippen MR) is 278 cm³/mol. The molecule has 0 rings (SSSR count). The number of unbranched alkanes of at least 4 members (excludes halogenated alkanes) is 41. The fraction of sp³-hybridized carbons (Fsp3) is 0.931. The van der Waals surface area contributed by atoms with Crippen LogP contribution in [0.4, 0.5) is 0 Å². The number of carbonyl (C=O) groups is 2. The minimum Gasteiger partial charge on any atom is -0.466 e. The second-order valence-corrected chi connectivity index (χ2v) is 20.0. The van der Waals surface area contributed by atoms with Crippen molar-refractivity contribution in [2.24, 2.45) is 0 Å². The molecule has 0 aliphatic carbocycles. The minimum absolute atomic E-state index is 0.0173. The number of carbonyl (C=O) groups excluding carboxylic acids is 2. The van der Waals surface area contributed by atoms with E-state index in [-0.39, 0.29) is 18.5 Å². The van der Waals surface area contributed by atoms with Crippen molar-refractivity contribution in [3.63, 3.8) is 0 Å². The number of hydrogen-bond acceptors (Lipinski definition) is 5. The van der Waals surface area contributed by atoms with Crippen molar-refractivity contribution >= 4 is 11.9 Å². The maximum absolute atomic E-state index is 12.5. The van der Waals surface area contributed by atoms with Gasteiger partial charge in [0.25, 0.3) is 0 Å². The van der Waals surface area contributed by atoms with E-state index in [2.05, 4.69) is 31.3 Å². The van der Waals surface area contributed by atoms with Gasteiger partial charge in [-0.15, -0.1) is 0 Å². The van der Waals surface area contributed by atoms with Crippen molar-refractivity contribution in [3.05, 3.63) is 12.2 Å². The molecule has 0 saturated carbocycles. The van der Waals surface area contributed by atoms with Crippen LogP contribution in [0.1, 0.15) is 322 Å². The van der Waals surface area contributed by atoms with Gasteiger partial charge in [-0.2, -0.15) is 0 Å². The summed E-state index contributed by atoms with van der Waals surface area (Å²) in [5.74, 6) is -0.0754. The normalized spacial score (nSPS) is 12.6. The Morgan fingerprint density at radius 2 is 0.734 bits per heavy atom. The lowest BCUT2D eigenvalue weighted by atomic mass is 10.0. The molecule has 6 nitrogen and oxygen atoms in total. The lowest BCUT2D eigenvalue weighted by molar-refractivity contribution is -0.143. The third kappa shape index (κ3) is 50.0. The molecular weight excluding hydrogens is 791 g/mol. The van der Waals surface area contributed by atoms with Crippen LogP contribution in [0.2, 0.25) is 0 Å². The van der Waals surface area contributed by atoms with Gasteiger partial charge in [0.1, 0.15) is 0 Å². The summed E-state index contributed by atoms with van der Waals surface area (Å²) in [6.07, 6.45) is 63.4. The van der Waals surface area contributed by atoms with Gasteiger partial charge in [-0.1, -0.05) is 264 Å². The van der Waals surface area contributed by atoms with E-state index in [0.29, 0.717) is 25.9 Å². The van der Waals surface area contributed by atoms with Crippen molar-refractivity contribution in [1.82, 2.24) is 5.32 Å². The molecule has 0 aromatic carbocycles. The molecule has 0 aromatic rings. The van der Waals surface area contributed by atoms with E-state index >= 15 is 0 Å². The largest absolute Gasteiger partial charge is 0.466 e. The number of nitrogens with one attached hydrogen (secondary N) is 1. The molecule has 2 atom stereocenters. The molecule has 0 spiro atoms. The summed E-state index contributed by atoms with van der Waals surface area (Å²) in [6, 6.07) is -0.559. The Morgan fingerprint density at radius 3 is 1.11 bits per heavy atom. The van der Waals surface area contributed by atoms with Gasteiger partial charge in [-0.3, -0.25) is 9.59 Å². The highest BCUT2D eigenvalue weighted by Gasteiger charge is 2.20. The van der Waals surface area contributed by atoms with E-state index in [4.69, 9.17) is 4.74 Å². The maximum Gasteiger partial charge on any atom is 0.305 e. The monoisotopic (exact) mass is 904 g/mol. The molecule has 0 aromatic heterocycles. The molecule has 6 heteroatoms. The third-order valence-electron chi connectivity index (χ3n) is 13.6. The molecule has 0 fully saturated rings. The predicted octanol–water partition coefficient (Wildman–Crippen LogP) is 17.7.